The van der Waals surface area contributed by atoms with Gasteiger partial charge in [-0.25, -0.2) is 18.0 Å². The van der Waals surface area contributed by atoms with Gasteiger partial charge in [-0.1, -0.05) is 0 Å². The second-order valence-corrected chi connectivity index (χ2v) is 4.45. The zero-order chi connectivity index (χ0) is 13.3. The summed E-state index contributed by atoms with van der Waals surface area (Å²) in [6.07, 6.45) is 2.11. The maximum absolute atomic E-state index is 13.3. The lowest BCUT2D eigenvalue weighted by atomic mass is 10.2. The van der Waals surface area contributed by atoms with Crippen molar-refractivity contribution in [3.63, 3.8) is 0 Å². The van der Waals surface area contributed by atoms with Crippen LogP contribution in [-0.4, -0.2) is 12.1 Å². The van der Waals surface area contributed by atoms with E-state index in [-0.39, 0.29) is 11.7 Å². The van der Waals surface area contributed by atoms with E-state index in [4.69, 9.17) is 0 Å². The van der Waals surface area contributed by atoms with Gasteiger partial charge in [0.25, 0.3) is 0 Å². The molecule has 1 aromatic rings. The van der Waals surface area contributed by atoms with Crippen molar-refractivity contribution in [1.82, 2.24) is 5.32 Å². The Morgan fingerprint density at radius 2 is 1.94 bits per heavy atom. The van der Waals surface area contributed by atoms with Gasteiger partial charge in [-0.3, -0.25) is 0 Å². The first-order valence-electron chi connectivity index (χ1n) is 5.70. The number of hydrogen-bond acceptors (Lipinski definition) is 1. The molecule has 0 aliphatic heterocycles. The Bertz CT molecular complexity index is 475. The van der Waals surface area contributed by atoms with Crippen LogP contribution in [0.15, 0.2) is 12.1 Å². The molecule has 0 aromatic heterocycles. The second kappa shape index (κ2) is 4.88. The third-order valence-corrected chi connectivity index (χ3v) is 2.97. The van der Waals surface area contributed by atoms with Crippen molar-refractivity contribution in [2.45, 2.75) is 25.8 Å². The fourth-order valence-corrected chi connectivity index (χ4v) is 1.70. The molecule has 1 aliphatic rings. The van der Waals surface area contributed by atoms with Crippen molar-refractivity contribution in [2.24, 2.45) is 5.92 Å². The van der Waals surface area contributed by atoms with Crippen LogP contribution in [0.4, 0.5) is 23.7 Å². The van der Waals surface area contributed by atoms with E-state index in [1.54, 1.807) is 0 Å². The van der Waals surface area contributed by atoms with Gasteiger partial charge in [-0.15, -0.1) is 0 Å². The molecule has 0 heterocycles. The van der Waals surface area contributed by atoms with E-state index in [0.717, 1.165) is 25.0 Å². The number of halogens is 3. The van der Waals surface area contributed by atoms with E-state index in [1.807, 2.05) is 6.92 Å². The molecule has 3 nitrogen and oxygen atoms in total. The van der Waals surface area contributed by atoms with Gasteiger partial charge in [0.1, 0.15) is 0 Å². The van der Waals surface area contributed by atoms with Gasteiger partial charge in [0.05, 0.1) is 5.69 Å². The van der Waals surface area contributed by atoms with Crippen LogP contribution in [0.1, 0.15) is 19.8 Å². The Morgan fingerprint density at radius 3 is 2.56 bits per heavy atom. The maximum Gasteiger partial charge on any atom is 0.319 e. The number of benzene rings is 1. The molecule has 98 valence electrons. The number of anilines is 1. The van der Waals surface area contributed by atoms with Crippen molar-refractivity contribution >= 4 is 11.7 Å². The fraction of sp³-hybridized carbons (Fsp3) is 0.417. The number of urea groups is 1. The Kier molecular flexibility index (Phi) is 3.45. The largest absolute Gasteiger partial charge is 0.335 e. The summed E-state index contributed by atoms with van der Waals surface area (Å²) in [6.45, 7) is 1.85. The van der Waals surface area contributed by atoms with Gasteiger partial charge in [-0.05, 0) is 37.8 Å². The molecule has 6 heteroatoms. The molecular weight excluding hydrogens is 245 g/mol. The lowest BCUT2D eigenvalue weighted by Gasteiger charge is -2.14. The SMILES string of the molecule is CC(NC(=O)Nc1ccc(F)c(F)c1F)C1CC1. The van der Waals surface area contributed by atoms with Gasteiger partial charge >= 0.3 is 6.03 Å². The van der Waals surface area contributed by atoms with Crippen LogP contribution in [0.2, 0.25) is 0 Å². The molecule has 1 saturated carbocycles. The van der Waals surface area contributed by atoms with Crippen molar-refractivity contribution in [3.05, 3.63) is 29.6 Å². The summed E-state index contributed by atoms with van der Waals surface area (Å²) in [6, 6.07) is 1.10. The molecule has 18 heavy (non-hydrogen) atoms. The van der Waals surface area contributed by atoms with E-state index >= 15 is 0 Å². The van der Waals surface area contributed by atoms with Gasteiger partial charge in [0.2, 0.25) is 0 Å². The first-order chi connectivity index (χ1) is 8.49. The lowest BCUT2D eigenvalue weighted by molar-refractivity contribution is 0.248. The van der Waals surface area contributed by atoms with Gasteiger partial charge in [0, 0.05) is 6.04 Å². The minimum absolute atomic E-state index is 0.0154. The summed E-state index contributed by atoms with van der Waals surface area (Å²) >= 11 is 0. The standard InChI is InChI=1S/C12H13F3N2O/c1-6(7-2-3-7)16-12(18)17-9-5-4-8(13)10(14)11(9)15/h4-7H,2-3H2,1H3,(H2,16,17,18). The summed E-state index contributed by atoms with van der Waals surface area (Å²) in [5.74, 6) is -3.83. The van der Waals surface area contributed by atoms with Crippen LogP contribution in [-0.2, 0) is 0 Å². The average Bonchev–Trinajstić information content (AvgIpc) is 3.14. The summed E-state index contributed by atoms with van der Waals surface area (Å²) < 4.78 is 38.9. The predicted molar refractivity (Wildman–Crippen MR) is 60.7 cm³/mol. The van der Waals surface area contributed by atoms with E-state index in [1.165, 1.54) is 0 Å². The Balaban J connectivity index is 2.00. The van der Waals surface area contributed by atoms with Crippen molar-refractivity contribution < 1.29 is 18.0 Å². The highest BCUT2D eigenvalue weighted by atomic mass is 19.2. The van der Waals surface area contributed by atoms with Crippen molar-refractivity contribution in [1.29, 1.82) is 0 Å². The molecule has 1 aromatic carbocycles. The quantitative estimate of drug-likeness (QED) is 0.804. The topological polar surface area (TPSA) is 41.1 Å². The van der Waals surface area contributed by atoms with E-state index < -0.39 is 23.5 Å². The fourth-order valence-electron chi connectivity index (χ4n) is 1.70. The number of amides is 2. The molecule has 0 saturated heterocycles. The molecular formula is C12H13F3N2O. The lowest BCUT2D eigenvalue weighted by Crippen LogP contribution is -2.37. The monoisotopic (exact) mass is 258 g/mol. The van der Waals surface area contributed by atoms with E-state index in [2.05, 4.69) is 10.6 Å². The average molecular weight is 258 g/mol. The predicted octanol–water partition coefficient (Wildman–Crippen LogP) is 3.02. The molecule has 1 atom stereocenters. The molecule has 2 N–H and O–H groups in total. The van der Waals surface area contributed by atoms with Gasteiger partial charge < -0.3 is 10.6 Å². The summed E-state index contributed by atoms with van der Waals surface area (Å²) in [5.41, 5.74) is -0.380. The highest BCUT2D eigenvalue weighted by molar-refractivity contribution is 5.89. The first-order valence-corrected chi connectivity index (χ1v) is 5.70. The zero-order valence-corrected chi connectivity index (χ0v) is 9.77. The minimum atomic E-state index is -1.59. The Morgan fingerprint density at radius 1 is 1.28 bits per heavy atom. The van der Waals surface area contributed by atoms with E-state index in [9.17, 15) is 18.0 Å². The van der Waals surface area contributed by atoms with Crippen LogP contribution >= 0.6 is 0 Å². The molecule has 2 amide bonds. The summed E-state index contributed by atoms with van der Waals surface area (Å²) in [5, 5.41) is 4.78. The van der Waals surface area contributed by atoms with Crippen molar-refractivity contribution in [3.8, 4) is 0 Å². The van der Waals surface area contributed by atoms with Crippen LogP contribution in [0.5, 0.6) is 0 Å². The molecule has 1 fully saturated rings. The molecule has 0 radical (unpaired) electrons. The molecule has 0 bridgehead atoms. The Hall–Kier alpha value is -1.72. The third-order valence-electron chi connectivity index (χ3n) is 2.97. The normalized spacial score (nSPS) is 16.2. The molecule has 0 spiro atoms. The Labute approximate surface area is 102 Å². The number of rotatable bonds is 3. The van der Waals surface area contributed by atoms with Crippen molar-refractivity contribution in [2.75, 3.05) is 5.32 Å². The summed E-state index contributed by atoms with van der Waals surface area (Å²) in [4.78, 5) is 11.5. The second-order valence-electron chi connectivity index (χ2n) is 4.45. The highest BCUT2D eigenvalue weighted by Gasteiger charge is 2.29. The van der Waals surface area contributed by atoms with Crippen LogP contribution in [0, 0.1) is 23.4 Å². The smallest absolute Gasteiger partial charge is 0.319 e. The number of nitrogens with one attached hydrogen (secondary N) is 2. The molecule has 1 unspecified atom stereocenters. The third kappa shape index (κ3) is 2.75. The highest BCUT2D eigenvalue weighted by Crippen LogP contribution is 2.32. The molecule has 1 aliphatic carbocycles. The first kappa shape index (κ1) is 12.7. The van der Waals surface area contributed by atoms with E-state index in [0.29, 0.717) is 5.92 Å². The number of carbonyl (C=O) groups excluding carboxylic acids is 1. The summed E-state index contributed by atoms with van der Waals surface area (Å²) in [7, 11) is 0. The van der Waals surface area contributed by atoms with Gasteiger partial charge in [-0.2, -0.15) is 0 Å². The van der Waals surface area contributed by atoms with Gasteiger partial charge in [0.15, 0.2) is 17.5 Å². The number of carbonyl (C=O) groups is 1. The van der Waals surface area contributed by atoms with Crippen LogP contribution in [0.25, 0.3) is 0 Å². The minimum Gasteiger partial charge on any atom is -0.335 e. The maximum atomic E-state index is 13.3. The van der Waals surface area contributed by atoms with Crippen LogP contribution < -0.4 is 10.6 Å². The molecule has 2 rings (SSSR count). The number of hydrogen-bond donors (Lipinski definition) is 2. The zero-order valence-electron chi connectivity index (χ0n) is 9.77. The van der Waals surface area contributed by atoms with Crippen LogP contribution in [0.3, 0.4) is 0 Å².